The molecular formula is C21H21FN6O. The summed E-state index contributed by atoms with van der Waals surface area (Å²) in [5.74, 6) is 1.82. The lowest BCUT2D eigenvalue weighted by atomic mass is 10.1. The zero-order valence-corrected chi connectivity index (χ0v) is 16.1. The maximum atomic E-state index is 13.1. The van der Waals surface area contributed by atoms with Crippen LogP contribution in [-0.2, 0) is 6.54 Å². The molecule has 0 radical (unpaired) electrons. The molecule has 0 spiro atoms. The molecule has 0 saturated heterocycles. The van der Waals surface area contributed by atoms with Crippen molar-refractivity contribution in [1.82, 2.24) is 19.5 Å². The minimum absolute atomic E-state index is 0.172. The van der Waals surface area contributed by atoms with Crippen LogP contribution in [0.5, 0.6) is 5.75 Å². The Labute approximate surface area is 167 Å². The van der Waals surface area contributed by atoms with Crippen molar-refractivity contribution in [2.24, 2.45) is 0 Å². The van der Waals surface area contributed by atoms with Crippen molar-refractivity contribution in [3.05, 3.63) is 60.2 Å². The quantitative estimate of drug-likeness (QED) is 0.538. The summed E-state index contributed by atoms with van der Waals surface area (Å²) in [6.07, 6.45) is -0.172. The summed E-state index contributed by atoms with van der Waals surface area (Å²) in [6, 6.07) is 13.2. The number of nitrogens with two attached hydrogens (primary N) is 2. The summed E-state index contributed by atoms with van der Waals surface area (Å²) in [5.41, 5.74) is 14.7. The molecule has 0 amide bonds. The average molecular weight is 392 g/mol. The highest BCUT2D eigenvalue weighted by molar-refractivity contribution is 5.77. The van der Waals surface area contributed by atoms with E-state index in [9.17, 15) is 4.39 Å². The molecule has 4 N–H and O–H groups in total. The van der Waals surface area contributed by atoms with Gasteiger partial charge in [0.1, 0.15) is 40.6 Å². The number of nitrogen functional groups attached to an aromatic ring is 2. The van der Waals surface area contributed by atoms with E-state index in [2.05, 4.69) is 9.97 Å². The van der Waals surface area contributed by atoms with E-state index in [4.69, 9.17) is 21.2 Å². The first-order valence-electron chi connectivity index (χ1n) is 9.18. The first-order valence-corrected chi connectivity index (χ1v) is 9.18. The van der Waals surface area contributed by atoms with Crippen molar-refractivity contribution in [2.45, 2.75) is 26.5 Å². The number of hydrogen-bond acceptors (Lipinski definition) is 6. The summed E-state index contributed by atoms with van der Waals surface area (Å²) >= 11 is 0. The number of hydrogen-bond donors (Lipinski definition) is 2. The summed E-state index contributed by atoms with van der Waals surface area (Å²) in [4.78, 5) is 13.4. The van der Waals surface area contributed by atoms with E-state index < -0.39 is 0 Å². The number of halogens is 1. The molecule has 7 nitrogen and oxygen atoms in total. The number of aryl methyl sites for hydroxylation is 1. The molecule has 0 aliphatic rings. The van der Waals surface area contributed by atoms with Gasteiger partial charge in [0.15, 0.2) is 5.65 Å². The fourth-order valence-corrected chi connectivity index (χ4v) is 3.26. The van der Waals surface area contributed by atoms with Crippen molar-refractivity contribution in [2.75, 3.05) is 11.5 Å². The van der Waals surface area contributed by atoms with Crippen LogP contribution >= 0.6 is 0 Å². The van der Waals surface area contributed by atoms with Gasteiger partial charge in [-0.25, -0.2) is 19.3 Å². The van der Waals surface area contributed by atoms with Crippen LogP contribution in [0.3, 0.4) is 0 Å². The lowest BCUT2D eigenvalue weighted by Gasteiger charge is -2.16. The molecule has 0 bridgehead atoms. The van der Waals surface area contributed by atoms with E-state index in [0.29, 0.717) is 23.9 Å². The van der Waals surface area contributed by atoms with E-state index >= 15 is 0 Å². The predicted molar refractivity (Wildman–Crippen MR) is 111 cm³/mol. The van der Waals surface area contributed by atoms with Crippen LogP contribution in [0.15, 0.2) is 48.5 Å². The van der Waals surface area contributed by atoms with Gasteiger partial charge in [-0.1, -0.05) is 0 Å². The van der Waals surface area contributed by atoms with Crippen LogP contribution in [-0.4, -0.2) is 25.6 Å². The van der Waals surface area contributed by atoms with Gasteiger partial charge in [0.2, 0.25) is 0 Å². The van der Waals surface area contributed by atoms with Crippen molar-refractivity contribution >= 4 is 22.8 Å². The molecular weight excluding hydrogens is 371 g/mol. The smallest absolute Gasteiger partial charge is 0.160 e. The standard InChI is InChI=1S/C21H21FN6O/c1-12(29-16-5-3-15(22)4-6-16)11-28-13(2)25-18-8-7-17(26-21(18)28)14-9-19(23)27-20(24)10-14/h3-10,12H,11H2,1-2H3,(H4,23,24,27)/t12-/m1/s1. The molecule has 1 aromatic carbocycles. The maximum Gasteiger partial charge on any atom is 0.160 e. The van der Waals surface area contributed by atoms with E-state index in [1.807, 2.05) is 30.5 Å². The Morgan fingerprint density at radius 1 is 1.00 bits per heavy atom. The maximum absolute atomic E-state index is 13.1. The van der Waals surface area contributed by atoms with Gasteiger partial charge in [-0.05, 0) is 62.4 Å². The number of rotatable bonds is 5. The monoisotopic (exact) mass is 392 g/mol. The molecule has 29 heavy (non-hydrogen) atoms. The summed E-state index contributed by atoms with van der Waals surface area (Å²) in [7, 11) is 0. The molecule has 148 valence electrons. The Hall–Kier alpha value is -3.68. The highest BCUT2D eigenvalue weighted by Gasteiger charge is 2.15. The molecule has 0 unspecified atom stereocenters. The van der Waals surface area contributed by atoms with Gasteiger partial charge in [-0.3, -0.25) is 0 Å². The molecule has 0 fully saturated rings. The Morgan fingerprint density at radius 2 is 1.69 bits per heavy atom. The zero-order valence-electron chi connectivity index (χ0n) is 16.1. The molecule has 0 aliphatic heterocycles. The third-order valence-electron chi connectivity index (χ3n) is 4.53. The molecule has 0 saturated carbocycles. The zero-order chi connectivity index (χ0) is 20.5. The van der Waals surface area contributed by atoms with E-state index in [1.54, 1.807) is 24.3 Å². The van der Waals surface area contributed by atoms with Crippen molar-refractivity contribution < 1.29 is 9.13 Å². The van der Waals surface area contributed by atoms with E-state index in [0.717, 1.165) is 28.2 Å². The first-order chi connectivity index (χ1) is 13.9. The number of ether oxygens (including phenoxy) is 1. The van der Waals surface area contributed by atoms with Gasteiger partial charge in [-0.2, -0.15) is 0 Å². The SMILES string of the molecule is Cc1nc2ccc(-c3cc(N)nc(N)c3)nc2n1C[C@@H](C)Oc1ccc(F)cc1. The molecule has 8 heteroatoms. The number of benzene rings is 1. The van der Waals surface area contributed by atoms with Crippen LogP contribution in [0.25, 0.3) is 22.4 Å². The fourth-order valence-electron chi connectivity index (χ4n) is 3.26. The molecule has 1 atom stereocenters. The number of fused-ring (bicyclic) bond motifs is 1. The molecule has 4 rings (SSSR count). The Kier molecular flexibility index (Phi) is 4.75. The number of anilines is 2. The Balaban J connectivity index is 1.65. The minimum atomic E-state index is -0.296. The second kappa shape index (κ2) is 7.38. The third kappa shape index (κ3) is 3.96. The van der Waals surface area contributed by atoms with Crippen molar-refractivity contribution in [1.29, 1.82) is 0 Å². The van der Waals surface area contributed by atoms with Gasteiger partial charge >= 0.3 is 0 Å². The molecule has 3 heterocycles. The highest BCUT2D eigenvalue weighted by atomic mass is 19.1. The minimum Gasteiger partial charge on any atom is -0.489 e. The summed E-state index contributed by atoms with van der Waals surface area (Å²) in [5, 5.41) is 0. The number of imidazole rings is 1. The van der Waals surface area contributed by atoms with Gasteiger partial charge in [-0.15, -0.1) is 0 Å². The molecule has 3 aromatic heterocycles. The lowest BCUT2D eigenvalue weighted by Crippen LogP contribution is -2.20. The fraction of sp³-hybridized carbons (Fsp3) is 0.190. The van der Waals surface area contributed by atoms with Crippen LogP contribution in [0.4, 0.5) is 16.0 Å². The normalized spacial score (nSPS) is 12.2. The average Bonchev–Trinajstić information content (AvgIpc) is 2.97. The second-order valence-corrected chi connectivity index (χ2v) is 6.90. The molecule has 0 aliphatic carbocycles. The Morgan fingerprint density at radius 3 is 2.38 bits per heavy atom. The highest BCUT2D eigenvalue weighted by Crippen LogP contribution is 2.25. The van der Waals surface area contributed by atoms with Gasteiger partial charge < -0.3 is 20.8 Å². The van der Waals surface area contributed by atoms with Gasteiger partial charge in [0, 0.05) is 5.56 Å². The third-order valence-corrected chi connectivity index (χ3v) is 4.53. The topological polar surface area (TPSA) is 105 Å². The first kappa shape index (κ1) is 18.7. The second-order valence-electron chi connectivity index (χ2n) is 6.90. The predicted octanol–water partition coefficient (Wildman–Crippen LogP) is 3.57. The van der Waals surface area contributed by atoms with Crippen LogP contribution in [0.2, 0.25) is 0 Å². The number of nitrogens with zero attached hydrogens (tertiary/aromatic N) is 4. The van der Waals surface area contributed by atoms with Crippen LogP contribution < -0.4 is 16.2 Å². The van der Waals surface area contributed by atoms with Crippen molar-refractivity contribution in [3.63, 3.8) is 0 Å². The lowest BCUT2D eigenvalue weighted by molar-refractivity contribution is 0.200. The number of pyridine rings is 2. The Bertz CT molecular complexity index is 1150. The summed E-state index contributed by atoms with van der Waals surface area (Å²) in [6.45, 7) is 4.41. The number of aromatic nitrogens is 4. The van der Waals surface area contributed by atoms with Crippen molar-refractivity contribution in [3.8, 4) is 17.0 Å². The van der Waals surface area contributed by atoms with Crippen LogP contribution in [0.1, 0.15) is 12.7 Å². The van der Waals surface area contributed by atoms with Gasteiger partial charge in [0.05, 0.1) is 12.2 Å². The van der Waals surface area contributed by atoms with Gasteiger partial charge in [0.25, 0.3) is 0 Å². The largest absolute Gasteiger partial charge is 0.489 e. The van der Waals surface area contributed by atoms with Crippen LogP contribution in [0, 0.1) is 12.7 Å². The summed E-state index contributed by atoms with van der Waals surface area (Å²) < 4.78 is 21.0. The molecule has 4 aromatic rings. The van der Waals surface area contributed by atoms with E-state index in [-0.39, 0.29) is 11.9 Å². The van der Waals surface area contributed by atoms with E-state index in [1.165, 1.54) is 12.1 Å².